The first-order chi connectivity index (χ1) is 12.7. The van der Waals surface area contributed by atoms with Gasteiger partial charge < -0.3 is 19.5 Å². The van der Waals surface area contributed by atoms with E-state index < -0.39 is 0 Å². The van der Waals surface area contributed by atoms with E-state index in [0.717, 1.165) is 48.7 Å². The smallest absolute Gasteiger partial charge is 0.161 e. The minimum atomic E-state index is 0.328. The standard InChI is InChI=1S/C22H29NO3/c1-16-12-17(8-10-20(16)24-2)14-23-15-18-9-11-21(25-3)22(13-18)26-19-6-4-5-7-19/h8-13,19,23H,4-7,14-15H2,1-3H3. The SMILES string of the molecule is COc1ccc(CNCc2ccc(OC)c(OC3CCCC3)c2)cc1C. The lowest BCUT2D eigenvalue weighted by Gasteiger charge is -2.17. The topological polar surface area (TPSA) is 39.7 Å². The van der Waals surface area contributed by atoms with Crippen LogP contribution in [0.3, 0.4) is 0 Å². The highest BCUT2D eigenvalue weighted by Gasteiger charge is 2.18. The van der Waals surface area contributed by atoms with E-state index in [0.29, 0.717) is 6.10 Å². The fourth-order valence-corrected chi connectivity index (χ4v) is 3.51. The van der Waals surface area contributed by atoms with Gasteiger partial charge in [0.1, 0.15) is 5.75 Å². The molecule has 1 saturated carbocycles. The van der Waals surface area contributed by atoms with E-state index in [2.05, 4.69) is 36.5 Å². The highest BCUT2D eigenvalue weighted by Crippen LogP contribution is 2.32. The van der Waals surface area contributed by atoms with Crippen LogP contribution < -0.4 is 19.5 Å². The molecule has 0 saturated heterocycles. The van der Waals surface area contributed by atoms with Crippen LogP contribution in [0.15, 0.2) is 36.4 Å². The first-order valence-electron chi connectivity index (χ1n) is 9.37. The first-order valence-corrected chi connectivity index (χ1v) is 9.37. The second kappa shape index (κ2) is 8.95. The molecule has 4 heteroatoms. The van der Waals surface area contributed by atoms with Gasteiger partial charge in [0, 0.05) is 13.1 Å². The van der Waals surface area contributed by atoms with E-state index in [1.165, 1.54) is 24.0 Å². The molecule has 0 amide bonds. The molecule has 0 radical (unpaired) electrons. The fourth-order valence-electron chi connectivity index (χ4n) is 3.51. The molecule has 3 rings (SSSR count). The van der Waals surface area contributed by atoms with Crippen LogP contribution in [0, 0.1) is 6.92 Å². The highest BCUT2D eigenvalue weighted by atomic mass is 16.5. The lowest BCUT2D eigenvalue weighted by Crippen LogP contribution is -2.14. The molecule has 0 spiro atoms. The van der Waals surface area contributed by atoms with Gasteiger partial charge in [0.15, 0.2) is 11.5 Å². The average molecular weight is 355 g/mol. The third-order valence-corrected chi connectivity index (χ3v) is 4.94. The van der Waals surface area contributed by atoms with Crippen LogP contribution in [0.2, 0.25) is 0 Å². The lowest BCUT2D eigenvalue weighted by atomic mass is 10.1. The summed E-state index contributed by atoms with van der Waals surface area (Å²) in [5, 5.41) is 3.50. The lowest BCUT2D eigenvalue weighted by molar-refractivity contribution is 0.200. The van der Waals surface area contributed by atoms with Crippen LogP contribution >= 0.6 is 0 Å². The van der Waals surface area contributed by atoms with Gasteiger partial charge in [0.2, 0.25) is 0 Å². The molecular formula is C22H29NO3. The van der Waals surface area contributed by atoms with Crippen LogP contribution in [0.5, 0.6) is 17.2 Å². The van der Waals surface area contributed by atoms with Crippen LogP contribution in [0.4, 0.5) is 0 Å². The molecule has 0 unspecified atom stereocenters. The third kappa shape index (κ3) is 4.70. The molecule has 0 atom stereocenters. The molecule has 0 aromatic heterocycles. The van der Waals surface area contributed by atoms with Crippen molar-refractivity contribution in [1.29, 1.82) is 0 Å². The molecule has 2 aromatic rings. The van der Waals surface area contributed by atoms with Gasteiger partial charge >= 0.3 is 0 Å². The number of benzene rings is 2. The molecule has 4 nitrogen and oxygen atoms in total. The van der Waals surface area contributed by atoms with E-state index in [9.17, 15) is 0 Å². The molecular weight excluding hydrogens is 326 g/mol. The van der Waals surface area contributed by atoms with Crippen LogP contribution in [0.25, 0.3) is 0 Å². The zero-order valence-electron chi connectivity index (χ0n) is 16.0. The van der Waals surface area contributed by atoms with E-state index in [-0.39, 0.29) is 0 Å². The fraction of sp³-hybridized carbons (Fsp3) is 0.455. The number of rotatable bonds is 8. The largest absolute Gasteiger partial charge is 0.496 e. The Morgan fingerprint density at radius 2 is 1.46 bits per heavy atom. The van der Waals surface area contributed by atoms with Crippen molar-refractivity contribution < 1.29 is 14.2 Å². The van der Waals surface area contributed by atoms with Gasteiger partial charge in [0.25, 0.3) is 0 Å². The van der Waals surface area contributed by atoms with Crippen molar-refractivity contribution >= 4 is 0 Å². The summed E-state index contributed by atoms with van der Waals surface area (Å²) in [7, 11) is 3.40. The Hall–Kier alpha value is -2.20. The van der Waals surface area contributed by atoms with Crippen LogP contribution in [0.1, 0.15) is 42.4 Å². The molecule has 26 heavy (non-hydrogen) atoms. The molecule has 0 bridgehead atoms. The Morgan fingerprint density at radius 3 is 2.08 bits per heavy atom. The number of aryl methyl sites for hydroxylation is 1. The predicted molar refractivity (Wildman–Crippen MR) is 104 cm³/mol. The minimum Gasteiger partial charge on any atom is -0.496 e. The molecule has 1 aliphatic rings. The van der Waals surface area contributed by atoms with Crippen molar-refractivity contribution in [3.05, 3.63) is 53.1 Å². The van der Waals surface area contributed by atoms with Gasteiger partial charge in [-0.2, -0.15) is 0 Å². The van der Waals surface area contributed by atoms with Gasteiger partial charge in [-0.15, -0.1) is 0 Å². The summed E-state index contributed by atoms with van der Waals surface area (Å²) in [4.78, 5) is 0. The molecule has 1 aliphatic carbocycles. The van der Waals surface area contributed by atoms with E-state index in [1.54, 1.807) is 14.2 Å². The average Bonchev–Trinajstić information content (AvgIpc) is 3.15. The van der Waals surface area contributed by atoms with Crippen molar-refractivity contribution in [2.75, 3.05) is 14.2 Å². The highest BCUT2D eigenvalue weighted by molar-refractivity contribution is 5.43. The predicted octanol–water partition coefficient (Wildman–Crippen LogP) is 4.62. The summed E-state index contributed by atoms with van der Waals surface area (Å²) >= 11 is 0. The van der Waals surface area contributed by atoms with Gasteiger partial charge in [0.05, 0.1) is 20.3 Å². The van der Waals surface area contributed by atoms with Crippen molar-refractivity contribution in [2.24, 2.45) is 0 Å². The van der Waals surface area contributed by atoms with Gasteiger partial charge in [-0.1, -0.05) is 18.2 Å². The molecule has 0 aliphatic heterocycles. The summed E-state index contributed by atoms with van der Waals surface area (Å²) in [6.45, 7) is 3.67. The number of ether oxygens (including phenoxy) is 3. The van der Waals surface area contributed by atoms with Gasteiger partial charge in [-0.05, 0) is 67.5 Å². The zero-order chi connectivity index (χ0) is 18.4. The summed E-state index contributed by atoms with van der Waals surface area (Å²) in [5.74, 6) is 2.60. The maximum absolute atomic E-state index is 6.18. The van der Waals surface area contributed by atoms with Crippen molar-refractivity contribution in [3.8, 4) is 17.2 Å². The number of hydrogen-bond acceptors (Lipinski definition) is 4. The van der Waals surface area contributed by atoms with Crippen molar-refractivity contribution in [1.82, 2.24) is 5.32 Å². The second-order valence-corrected chi connectivity index (χ2v) is 6.92. The van der Waals surface area contributed by atoms with Gasteiger partial charge in [-0.25, -0.2) is 0 Å². The first kappa shape index (κ1) is 18.6. The summed E-state index contributed by atoms with van der Waals surface area (Å²) in [6.07, 6.45) is 5.13. The molecule has 1 fully saturated rings. The zero-order valence-corrected chi connectivity index (χ0v) is 16.0. The van der Waals surface area contributed by atoms with Crippen molar-refractivity contribution in [3.63, 3.8) is 0 Å². The molecule has 140 valence electrons. The summed E-state index contributed by atoms with van der Waals surface area (Å²) < 4.78 is 17.0. The van der Waals surface area contributed by atoms with Gasteiger partial charge in [-0.3, -0.25) is 0 Å². The maximum atomic E-state index is 6.18. The van der Waals surface area contributed by atoms with E-state index in [1.807, 2.05) is 12.1 Å². The Kier molecular flexibility index (Phi) is 6.40. The quantitative estimate of drug-likeness (QED) is 0.750. The Balaban J connectivity index is 1.59. The van der Waals surface area contributed by atoms with E-state index in [4.69, 9.17) is 14.2 Å². The number of methoxy groups -OCH3 is 2. The molecule has 1 N–H and O–H groups in total. The third-order valence-electron chi connectivity index (χ3n) is 4.94. The normalized spacial score (nSPS) is 14.4. The molecule has 2 aromatic carbocycles. The van der Waals surface area contributed by atoms with Crippen molar-refractivity contribution in [2.45, 2.75) is 51.8 Å². The van der Waals surface area contributed by atoms with Crippen LogP contribution in [-0.2, 0) is 13.1 Å². The number of hydrogen-bond donors (Lipinski definition) is 1. The summed E-state index contributed by atoms with van der Waals surface area (Å²) in [6, 6.07) is 12.5. The number of nitrogens with one attached hydrogen (secondary N) is 1. The second-order valence-electron chi connectivity index (χ2n) is 6.92. The Bertz CT molecular complexity index is 723. The van der Waals surface area contributed by atoms with Crippen LogP contribution in [-0.4, -0.2) is 20.3 Å². The monoisotopic (exact) mass is 355 g/mol. The molecule has 0 heterocycles. The minimum absolute atomic E-state index is 0.328. The van der Waals surface area contributed by atoms with E-state index >= 15 is 0 Å². The maximum Gasteiger partial charge on any atom is 0.161 e. The summed E-state index contributed by atoms with van der Waals surface area (Å²) in [5.41, 5.74) is 3.60. The Morgan fingerprint density at radius 1 is 0.846 bits per heavy atom. The Labute approximate surface area is 156 Å².